The number of carbonyl (C=O) groups excluding carboxylic acids is 1. The maximum atomic E-state index is 11.4. The van der Waals surface area contributed by atoms with E-state index in [1.54, 1.807) is 13.2 Å². The van der Waals surface area contributed by atoms with Crippen molar-refractivity contribution in [3.05, 3.63) is 21.9 Å². The minimum absolute atomic E-state index is 0.237. The van der Waals surface area contributed by atoms with Crippen molar-refractivity contribution in [1.29, 1.82) is 0 Å². The Morgan fingerprint density at radius 3 is 2.83 bits per heavy atom. The quantitative estimate of drug-likeness (QED) is 0.444. The van der Waals surface area contributed by atoms with Gasteiger partial charge in [-0.2, -0.15) is 0 Å². The van der Waals surface area contributed by atoms with E-state index < -0.39 is 0 Å². The summed E-state index contributed by atoms with van der Waals surface area (Å²) in [7, 11) is 1.70. The summed E-state index contributed by atoms with van der Waals surface area (Å²) in [6.07, 6.45) is 0. The van der Waals surface area contributed by atoms with Gasteiger partial charge < -0.3 is 4.74 Å². The van der Waals surface area contributed by atoms with Crippen LogP contribution in [-0.2, 0) is 11.3 Å². The number of hydrazine groups is 1. The van der Waals surface area contributed by atoms with Gasteiger partial charge in [0.1, 0.15) is 0 Å². The van der Waals surface area contributed by atoms with Crippen LogP contribution in [0.5, 0.6) is 0 Å². The molecule has 1 aromatic rings. The second kappa shape index (κ2) is 7.48. The number of nitrogens with one attached hydrogen (secondary N) is 1. The number of thiophene rings is 1. The van der Waals surface area contributed by atoms with Gasteiger partial charge in [0.15, 0.2) is 0 Å². The van der Waals surface area contributed by atoms with E-state index in [4.69, 9.17) is 10.6 Å². The predicted octanol–water partition coefficient (Wildman–Crippen LogP) is 1.21. The van der Waals surface area contributed by atoms with Crippen molar-refractivity contribution in [2.75, 3.05) is 20.3 Å². The molecule has 1 rings (SSSR count). The number of rotatable bonds is 7. The summed E-state index contributed by atoms with van der Waals surface area (Å²) < 4.78 is 5.10. The van der Waals surface area contributed by atoms with E-state index in [1.165, 1.54) is 11.3 Å². The van der Waals surface area contributed by atoms with Crippen LogP contribution in [-0.4, -0.2) is 37.1 Å². The van der Waals surface area contributed by atoms with Gasteiger partial charge in [-0.05, 0) is 26.0 Å². The molecule has 1 aromatic heterocycles. The molecule has 6 heteroatoms. The lowest BCUT2D eigenvalue weighted by Gasteiger charge is -2.25. The highest BCUT2D eigenvalue weighted by Crippen LogP contribution is 2.19. The topological polar surface area (TPSA) is 67.6 Å². The third-order valence-electron chi connectivity index (χ3n) is 2.69. The number of nitrogen functional groups attached to an aromatic ring is 1. The Hall–Kier alpha value is -0.950. The zero-order chi connectivity index (χ0) is 13.5. The van der Waals surface area contributed by atoms with Crippen molar-refractivity contribution in [3.63, 3.8) is 0 Å². The molecule has 0 aliphatic rings. The number of nitrogens with two attached hydrogens (primary N) is 1. The van der Waals surface area contributed by atoms with Gasteiger partial charge in [0.2, 0.25) is 0 Å². The number of amides is 1. The largest absolute Gasteiger partial charge is 0.383 e. The summed E-state index contributed by atoms with van der Waals surface area (Å²) in [6.45, 7) is 6.71. The average molecular weight is 271 g/mol. The average Bonchev–Trinajstić information content (AvgIpc) is 2.81. The highest BCUT2D eigenvalue weighted by atomic mass is 32.1. The van der Waals surface area contributed by atoms with Crippen molar-refractivity contribution in [3.8, 4) is 0 Å². The van der Waals surface area contributed by atoms with Crippen molar-refractivity contribution in [2.24, 2.45) is 5.84 Å². The second-order valence-electron chi connectivity index (χ2n) is 4.30. The van der Waals surface area contributed by atoms with Gasteiger partial charge in [-0.25, -0.2) is 5.84 Å². The molecule has 0 fully saturated rings. The molecular formula is C12H21N3O2S. The molecular weight excluding hydrogens is 250 g/mol. The Morgan fingerprint density at radius 2 is 2.28 bits per heavy atom. The van der Waals surface area contributed by atoms with E-state index >= 15 is 0 Å². The number of carbonyl (C=O) groups is 1. The Labute approximate surface area is 112 Å². The summed E-state index contributed by atoms with van der Waals surface area (Å²) in [4.78, 5) is 15.5. The molecule has 3 N–H and O–H groups in total. The fraction of sp³-hybridized carbons (Fsp3) is 0.583. The molecule has 18 heavy (non-hydrogen) atoms. The van der Waals surface area contributed by atoms with E-state index in [2.05, 4.69) is 24.2 Å². The monoisotopic (exact) mass is 271 g/mol. The number of hydrogen-bond acceptors (Lipinski definition) is 5. The third-order valence-corrected chi connectivity index (χ3v) is 3.76. The summed E-state index contributed by atoms with van der Waals surface area (Å²) in [6, 6.07) is 4.21. The summed E-state index contributed by atoms with van der Waals surface area (Å²) in [5, 5.41) is 0. The first-order chi connectivity index (χ1) is 8.58. The van der Waals surface area contributed by atoms with Crippen LogP contribution in [0.4, 0.5) is 0 Å². The SMILES string of the molecule is COCCN(Cc1ccc(C(=O)NN)s1)C(C)C. The molecule has 1 amide bonds. The van der Waals surface area contributed by atoms with Crippen LogP contribution < -0.4 is 11.3 Å². The van der Waals surface area contributed by atoms with Crippen LogP contribution in [0, 0.1) is 0 Å². The third kappa shape index (κ3) is 4.38. The van der Waals surface area contributed by atoms with Gasteiger partial charge >= 0.3 is 0 Å². The number of ether oxygens (including phenoxy) is 1. The maximum Gasteiger partial charge on any atom is 0.275 e. The summed E-state index contributed by atoms with van der Waals surface area (Å²) in [5.74, 6) is 4.87. The van der Waals surface area contributed by atoms with E-state index in [9.17, 15) is 4.79 Å². The predicted molar refractivity (Wildman–Crippen MR) is 73.4 cm³/mol. The van der Waals surface area contributed by atoms with E-state index in [1.807, 2.05) is 6.07 Å². The van der Waals surface area contributed by atoms with Crippen LogP contribution in [0.15, 0.2) is 12.1 Å². The molecule has 0 unspecified atom stereocenters. The van der Waals surface area contributed by atoms with Crippen LogP contribution in [0.2, 0.25) is 0 Å². The molecule has 0 aromatic carbocycles. The van der Waals surface area contributed by atoms with Crippen molar-refractivity contribution >= 4 is 17.2 Å². The lowest BCUT2D eigenvalue weighted by molar-refractivity contribution is 0.0957. The zero-order valence-corrected chi connectivity index (χ0v) is 11.9. The van der Waals surface area contributed by atoms with Crippen LogP contribution in [0.1, 0.15) is 28.4 Å². The Morgan fingerprint density at radius 1 is 1.56 bits per heavy atom. The van der Waals surface area contributed by atoms with Gasteiger partial charge in [0, 0.05) is 31.1 Å². The molecule has 0 saturated carbocycles. The maximum absolute atomic E-state index is 11.4. The minimum atomic E-state index is -0.237. The van der Waals surface area contributed by atoms with Crippen molar-refractivity contribution in [1.82, 2.24) is 10.3 Å². The molecule has 0 aliphatic carbocycles. The zero-order valence-electron chi connectivity index (χ0n) is 11.1. The van der Waals surface area contributed by atoms with Gasteiger partial charge in [-0.3, -0.25) is 15.1 Å². The van der Waals surface area contributed by atoms with Gasteiger partial charge in [0.25, 0.3) is 5.91 Å². The Kier molecular flexibility index (Phi) is 6.28. The molecule has 0 aliphatic heterocycles. The molecule has 0 spiro atoms. The normalized spacial score (nSPS) is 11.2. The van der Waals surface area contributed by atoms with Crippen LogP contribution in [0.25, 0.3) is 0 Å². The molecule has 5 nitrogen and oxygen atoms in total. The Balaban J connectivity index is 2.63. The first-order valence-corrected chi connectivity index (χ1v) is 6.72. The van der Waals surface area contributed by atoms with E-state index in [0.717, 1.165) is 18.0 Å². The van der Waals surface area contributed by atoms with Crippen molar-refractivity contribution < 1.29 is 9.53 Å². The standard InChI is InChI=1S/C12H21N3O2S/c1-9(2)15(6-7-17-3)8-10-4-5-11(18-10)12(16)14-13/h4-5,9H,6-8,13H2,1-3H3,(H,14,16). The number of hydrogen-bond donors (Lipinski definition) is 2. The highest BCUT2D eigenvalue weighted by molar-refractivity contribution is 7.14. The number of methoxy groups -OCH3 is 1. The van der Waals surface area contributed by atoms with E-state index in [0.29, 0.717) is 17.5 Å². The first kappa shape index (κ1) is 15.1. The lowest BCUT2D eigenvalue weighted by Crippen LogP contribution is -2.33. The molecule has 0 radical (unpaired) electrons. The number of nitrogens with zero attached hydrogens (tertiary/aromatic N) is 1. The van der Waals surface area contributed by atoms with Gasteiger partial charge in [-0.1, -0.05) is 0 Å². The lowest BCUT2D eigenvalue weighted by atomic mass is 10.3. The fourth-order valence-electron chi connectivity index (χ4n) is 1.58. The molecule has 0 bridgehead atoms. The molecule has 1 heterocycles. The van der Waals surface area contributed by atoms with Crippen LogP contribution >= 0.6 is 11.3 Å². The molecule has 0 atom stereocenters. The summed E-state index contributed by atoms with van der Waals surface area (Å²) in [5.41, 5.74) is 2.14. The highest BCUT2D eigenvalue weighted by Gasteiger charge is 2.13. The van der Waals surface area contributed by atoms with Crippen molar-refractivity contribution in [2.45, 2.75) is 26.4 Å². The minimum Gasteiger partial charge on any atom is -0.383 e. The Bertz CT molecular complexity index is 379. The van der Waals surface area contributed by atoms with Gasteiger partial charge in [0.05, 0.1) is 11.5 Å². The van der Waals surface area contributed by atoms with Gasteiger partial charge in [-0.15, -0.1) is 11.3 Å². The van der Waals surface area contributed by atoms with Crippen LogP contribution in [0.3, 0.4) is 0 Å². The van der Waals surface area contributed by atoms with E-state index in [-0.39, 0.29) is 5.91 Å². The molecule has 102 valence electrons. The smallest absolute Gasteiger partial charge is 0.275 e. The fourth-order valence-corrected chi connectivity index (χ4v) is 2.52. The summed E-state index contributed by atoms with van der Waals surface area (Å²) >= 11 is 1.47. The molecule has 0 saturated heterocycles. The first-order valence-electron chi connectivity index (χ1n) is 5.91. The second-order valence-corrected chi connectivity index (χ2v) is 5.46.